The van der Waals surface area contributed by atoms with E-state index in [0.717, 1.165) is 18.5 Å². The van der Waals surface area contributed by atoms with Crippen molar-refractivity contribution in [2.45, 2.75) is 19.9 Å². The number of benzene rings is 1. The highest BCUT2D eigenvalue weighted by Gasteiger charge is 2.33. The zero-order valence-electron chi connectivity index (χ0n) is 10.0. The van der Waals surface area contributed by atoms with Crippen LogP contribution in [0.2, 0.25) is 0 Å². The summed E-state index contributed by atoms with van der Waals surface area (Å²) in [7, 11) is 1.87. The average molecular weight is 243 g/mol. The lowest BCUT2D eigenvalue weighted by Gasteiger charge is -2.17. The van der Waals surface area contributed by atoms with E-state index in [9.17, 15) is 13.2 Å². The van der Waals surface area contributed by atoms with Crippen molar-refractivity contribution in [1.82, 2.24) is 4.90 Å². The van der Waals surface area contributed by atoms with E-state index in [1.807, 2.05) is 11.9 Å². The quantitative estimate of drug-likeness (QED) is 0.734. The van der Waals surface area contributed by atoms with Crippen LogP contribution in [0.1, 0.15) is 18.9 Å². The van der Waals surface area contributed by atoms with Crippen LogP contribution in [0.15, 0.2) is 12.1 Å². The molecule has 1 nitrogen and oxygen atoms in total. The first-order valence-corrected chi connectivity index (χ1v) is 5.79. The summed E-state index contributed by atoms with van der Waals surface area (Å²) in [6.45, 7) is 3.36. The zero-order valence-corrected chi connectivity index (χ0v) is 10.0. The molecule has 0 bridgehead atoms. The maximum Gasteiger partial charge on any atom is 0.161 e. The minimum atomic E-state index is -1.13. The smallest absolute Gasteiger partial charge is 0.161 e. The molecular formula is C13H16F3N. The van der Waals surface area contributed by atoms with Gasteiger partial charge in [-0.05, 0) is 31.4 Å². The van der Waals surface area contributed by atoms with Crippen molar-refractivity contribution in [1.29, 1.82) is 0 Å². The number of halogens is 3. The summed E-state index contributed by atoms with van der Waals surface area (Å²) in [5, 5.41) is 0. The first kappa shape index (κ1) is 12.4. The maximum absolute atomic E-state index is 13.4. The molecule has 0 heterocycles. The second-order valence-corrected chi connectivity index (χ2v) is 5.03. The average Bonchev–Trinajstić information content (AvgIpc) is 2.90. The van der Waals surface area contributed by atoms with E-state index < -0.39 is 17.5 Å². The SMILES string of the molecule is CC1CC1CN(C)Cc1cc(F)c(F)cc1F. The fourth-order valence-corrected chi connectivity index (χ4v) is 2.09. The Hall–Kier alpha value is -1.03. The van der Waals surface area contributed by atoms with Crippen LogP contribution < -0.4 is 0 Å². The lowest BCUT2D eigenvalue weighted by Crippen LogP contribution is -2.21. The third kappa shape index (κ3) is 3.00. The Bertz CT molecular complexity index is 419. The summed E-state index contributed by atoms with van der Waals surface area (Å²) in [5.74, 6) is -1.42. The Morgan fingerprint density at radius 1 is 1.18 bits per heavy atom. The summed E-state index contributed by atoms with van der Waals surface area (Å²) in [5.41, 5.74) is 0.208. The normalized spacial score (nSPS) is 23.2. The largest absolute Gasteiger partial charge is 0.302 e. The molecule has 94 valence electrons. The van der Waals surface area contributed by atoms with Crippen LogP contribution >= 0.6 is 0 Å². The highest BCUT2D eigenvalue weighted by molar-refractivity contribution is 5.20. The Morgan fingerprint density at radius 3 is 2.35 bits per heavy atom. The Kier molecular flexibility index (Phi) is 3.43. The van der Waals surface area contributed by atoms with E-state index in [1.54, 1.807) is 0 Å². The van der Waals surface area contributed by atoms with Crippen LogP contribution in [0, 0.1) is 29.3 Å². The molecule has 1 aliphatic carbocycles. The molecule has 1 saturated carbocycles. The molecule has 0 saturated heterocycles. The summed E-state index contributed by atoms with van der Waals surface area (Å²) in [6.07, 6.45) is 1.20. The van der Waals surface area contributed by atoms with Gasteiger partial charge in [-0.15, -0.1) is 0 Å². The molecule has 0 amide bonds. The van der Waals surface area contributed by atoms with Crippen LogP contribution in [-0.4, -0.2) is 18.5 Å². The van der Waals surface area contributed by atoms with Crippen molar-refractivity contribution < 1.29 is 13.2 Å². The van der Waals surface area contributed by atoms with Gasteiger partial charge in [0.1, 0.15) is 5.82 Å². The van der Waals surface area contributed by atoms with Crippen LogP contribution in [0.3, 0.4) is 0 Å². The van der Waals surface area contributed by atoms with E-state index in [4.69, 9.17) is 0 Å². The Labute approximate surface area is 99.2 Å². The molecule has 0 radical (unpaired) electrons. The molecule has 2 atom stereocenters. The zero-order chi connectivity index (χ0) is 12.6. The van der Waals surface area contributed by atoms with Crippen molar-refractivity contribution in [3.8, 4) is 0 Å². The topological polar surface area (TPSA) is 3.24 Å². The monoisotopic (exact) mass is 243 g/mol. The van der Waals surface area contributed by atoms with Crippen LogP contribution in [0.25, 0.3) is 0 Å². The predicted molar refractivity (Wildman–Crippen MR) is 59.9 cm³/mol. The predicted octanol–water partition coefficient (Wildman–Crippen LogP) is 3.19. The summed E-state index contributed by atoms with van der Waals surface area (Å²) >= 11 is 0. The van der Waals surface area contributed by atoms with Crippen molar-refractivity contribution in [2.24, 2.45) is 11.8 Å². The lowest BCUT2D eigenvalue weighted by atomic mass is 10.2. The fraction of sp³-hybridized carbons (Fsp3) is 0.538. The number of hydrogen-bond acceptors (Lipinski definition) is 1. The van der Waals surface area contributed by atoms with E-state index in [0.29, 0.717) is 18.5 Å². The molecule has 0 N–H and O–H groups in total. The number of hydrogen-bond donors (Lipinski definition) is 0. The highest BCUT2D eigenvalue weighted by Crippen LogP contribution is 2.38. The van der Waals surface area contributed by atoms with Crippen LogP contribution in [0.4, 0.5) is 13.2 Å². The molecule has 1 aliphatic rings. The molecule has 1 aromatic carbocycles. The molecule has 4 heteroatoms. The molecule has 1 aromatic rings. The van der Waals surface area contributed by atoms with Gasteiger partial charge in [0, 0.05) is 24.7 Å². The van der Waals surface area contributed by atoms with Gasteiger partial charge in [-0.3, -0.25) is 0 Å². The second-order valence-electron chi connectivity index (χ2n) is 5.03. The molecule has 0 spiro atoms. The van der Waals surface area contributed by atoms with Crippen molar-refractivity contribution >= 4 is 0 Å². The van der Waals surface area contributed by atoms with E-state index >= 15 is 0 Å². The van der Waals surface area contributed by atoms with E-state index in [1.165, 1.54) is 6.42 Å². The maximum atomic E-state index is 13.4. The van der Waals surface area contributed by atoms with Gasteiger partial charge in [0.25, 0.3) is 0 Å². The van der Waals surface area contributed by atoms with Gasteiger partial charge in [-0.25, -0.2) is 13.2 Å². The fourth-order valence-electron chi connectivity index (χ4n) is 2.09. The first-order valence-electron chi connectivity index (χ1n) is 5.79. The molecular weight excluding hydrogens is 227 g/mol. The van der Waals surface area contributed by atoms with Crippen molar-refractivity contribution in [3.05, 3.63) is 35.1 Å². The van der Waals surface area contributed by atoms with E-state index in [2.05, 4.69) is 6.92 Å². The van der Waals surface area contributed by atoms with Crippen molar-refractivity contribution in [2.75, 3.05) is 13.6 Å². The Balaban J connectivity index is 2.00. The Morgan fingerprint density at radius 2 is 1.76 bits per heavy atom. The molecule has 17 heavy (non-hydrogen) atoms. The summed E-state index contributed by atoms with van der Waals surface area (Å²) < 4.78 is 39.1. The third-order valence-electron chi connectivity index (χ3n) is 3.35. The summed E-state index contributed by atoms with van der Waals surface area (Å²) in [6, 6.07) is 1.55. The van der Waals surface area contributed by atoms with Gasteiger partial charge in [-0.1, -0.05) is 6.92 Å². The van der Waals surface area contributed by atoms with Gasteiger partial charge < -0.3 is 4.90 Å². The molecule has 2 unspecified atom stereocenters. The number of rotatable bonds is 4. The molecule has 0 aromatic heterocycles. The van der Waals surface area contributed by atoms with Crippen molar-refractivity contribution in [3.63, 3.8) is 0 Å². The van der Waals surface area contributed by atoms with Gasteiger partial charge in [0.2, 0.25) is 0 Å². The molecule has 0 aliphatic heterocycles. The van der Waals surface area contributed by atoms with Gasteiger partial charge in [-0.2, -0.15) is 0 Å². The lowest BCUT2D eigenvalue weighted by molar-refractivity contribution is 0.301. The minimum Gasteiger partial charge on any atom is -0.302 e. The highest BCUT2D eigenvalue weighted by atomic mass is 19.2. The first-order chi connectivity index (χ1) is 7.97. The standard InChI is InChI=1S/C13H16F3N/c1-8-3-9(8)6-17(2)7-10-4-12(15)13(16)5-11(10)14/h4-5,8-9H,3,6-7H2,1-2H3. The van der Waals surface area contributed by atoms with Crippen LogP contribution in [0.5, 0.6) is 0 Å². The third-order valence-corrected chi connectivity index (χ3v) is 3.35. The van der Waals surface area contributed by atoms with Gasteiger partial charge >= 0.3 is 0 Å². The second kappa shape index (κ2) is 4.69. The van der Waals surface area contributed by atoms with Crippen LogP contribution in [-0.2, 0) is 6.54 Å². The van der Waals surface area contributed by atoms with Gasteiger partial charge in [0.15, 0.2) is 11.6 Å². The minimum absolute atomic E-state index is 0.208. The molecule has 1 fully saturated rings. The molecule has 2 rings (SSSR count). The van der Waals surface area contributed by atoms with Gasteiger partial charge in [0.05, 0.1) is 0 Å². The number of nitrogens with zero attached hydrogens (tertiary/aromatic N) is 1. The summed E-state index contributed by atoms with van der Waals surface area (Å²) in [4.78, 5) is 1.95. The van der Waals surface area contributed by atoms with E-state index in [-0.39, 0.29) is 5.56 Å².